The number of rotatable bonds is 2. The molecule has 7 nitrogen and oxygen atoms in total. The SMILES string of the molecule is NC(=O)c1cc(F)cc2cn(C3CC[NH2+]CC3)nc12.O=C([O-])C(F)(F)F. The Labute approximate surface area is 144 Å². The number of fused-ring (bicyclic) bond motifs is 1. The lowest BCUT2D eigenvalue weighted by Crippen LogP contribution is -2.86. The highest BCUT2D eigenvalue weighted by atomic mass is 19.4. The van der Waals surface area contributed by atoms with E-state index in [1.165, 1.54) is 6.07 Å². The molecule has 1 aliphatic heterocycles. The van der Waals surface area contributed by atoms with Crippen molar-refractivity contribution >= 4 is 22.8 Å². The lowest BCUT2D eigenvalue weighted by molar-refractivity contribution is -0.664. The summed E-state index contributed by atoms with van der Waals surface area (Å²) in [5.74, 6) is -4.11. The summed E-state index contributed by atoms with van der Waals surface area (Å²) in [5.41, 5.74) is 5.92. The maximum atomic E-state index is 13.5. The normalized spacial score (nSPS) is 15.4. The number of carboxylic acids is 1. The predicted octanol–water partition coefficient (Wildman–Crippen LogP) is -0.529. The monoisotopic (exact) mass is 376 g/mol. The first kappa shape index (κ1) is 19.6. The Morgan fingerprint density at radius 3 is 2.35 bits per heavy atom. The smallest absolute Gasteiger partial charge is 0.430 e. The van der Waals surface area contributed by atoms with Crippen molar-refractivity contribution in [2.24, 2.45) is 5.73 Å². The van der Waals surface area contributed by atoms with Crippen LogP contribution in [-0.2, 0) is 4.79 Å². The van der Waals surface area contributed by atoms with E-state index < -0.39 is 23.9 Å². The third-order valence-corrected chi connectivity index (χ3v) is 3.87. The number of benzene rings is 1. The van der Waals surface area contributed by atoms with Crippen LogP contribution in [0.4, 0.5) is 17.6 Å². The molecule has 3 rings (SSSR count). The molecule has 1 aromatic heterocycles. The van der Waals surface area contributed by atoms with Crippen molar-refractivity contribution in [2.75, 3.05) is 13.1 Å². The maximum Gasteiger partial charge on any atom is 0.430 e. The van der Waals surface area contributed by atoms with Gasteiger partial charge in [0, 0.05) is 24.4 Å². The molecule has 1 saturated heterocycles. The van der Waals surface area contributed by atoms with Crippen LogP contribution in [0.5, 0.6) is 0 Å². The van der Waals surface area contributed by atoms with Crippen molar-refractivity contribution in [1.29, 1.82) is 0 Å². The van der Waals surface area contributed by atoms with E-state index in [1.54, 1.807) is 6.20 Å². The minimum absolute atomic E-state index is 0.149. The van der Waals surface area contributed by atoms with Crippen LogP contribution in [0.15, 0.2) is 18.3 Å². The minimum atomic E-state index is -5.19. The predicted molar refractivity (Wildman–Crippen MR) is 79.2 cm³/mol. The van der Waals surface area contributed by atoms with Crippen LogP contribution < -0.4 is 16.2 Å². The molecule has 26 heavy (non-hydrogen) atoms. The molecule has 1 fully saturated rings. The Balaban J connectivity index is 0.000000298. The number of piperidine rings is 1. The quantitative estimate of drug-likeness (QED) is 0.685. The lowest BCUT2D eigenvalue weighted by atomic mass is 10.1. The molecule has 0 atom stereocenters. The number of carbonyl (C=O) groups is 2. The van der Waals surface area contributed by atoms with Gasteiger partial charge in [0.15, 0.2) is 0 Å². The van der Waals surface area contributed by atoms with Gasteiger partial charge < -0.3 is 21.0 Å². The summed E-state index contributed by atoms with van der Waals surface area (Å²) in [7, 11) is 0. The first-order valence-electron chi connectivity index (χ1n) is 7.67. The van der Waals surface area contributed by atoms with Crippen molar-refractivity contribution in [3.8, 4) is 0 Å². The number of alkyl halides is 3. The second-order valence-electron chi connectivity index (χ2n) is 5.75. The van der Waals surface area contributed by atoms with Gasteiger partial charge in [0.1, 0.15) is 17.3 Å². The number of aliphatic carboxylic acids is 1. The number of aromatic nitrogens is 2. The highest BCUT2D eigenvalue weighted by Gasteiger charge is 2.28. The van der Waals surface area contributed by atoms with E-state index in [4.69, 9.17) is 15.6 Å². The van der Waals surface area contributed by atoms with Crippen LogP contribution in [0.3, 0.4) is 0 Å². The van der Waals surface area contributed by atoms with Gasteiger partial charge >= 0.3 is 6.18 Å². The van der Waals surface area contributed by atoms with E-state index in [1.807, 2.05) is 4.68 Å². The number of quaternary nitrogens is 1. The summed E-state index contributed by atoms with van der Waals surface area (Å²) >= 11 is 0. The lowest BCUT2D eigenvalue weighted by Gasteiger charge is -2.20. The molecule has 2 heterocycles. The third kappa shape index (κ3) is 4.69. The number of amides is 1. The molecule has 11 heteroatoms. The van der Waals surface area contributed by atoms with Crippen molar-refractivity contribution < 1.29 is 37.6 Å². The molecule has 0 saturated carbocycles. The summed E-state index contributed by atoms with van der Waals surface area (Å²) in [6.45, 7) is 2.13. The maximum absolute atomic E-state index is 13.5. The number of nitrogens with zero attached hydrogens (tertiary/aromatic N) is 2. The van der Waals surface area contributed by atoms with Crippen molar-refractivity contribution in [3.05, 3.63) is 29.7 Å². The van der Waals surface area contributed by atoms with Gasteiger partial charge in [0.05, 0.1) is 24.7 Å². The third-order valence-electron chi connectivity index (χ3n) is 3.87. The number of carbonyl (C=O) groups excluding carboxylic acids is 2. The highest BCUT2D eigenvalue weighted by Crippen LogP contribution is 2.23. The van der Waals surface area contributed by atoms with Crippen LogP contribution in [0.25, 0.3) is 10.9 Å². The van der Waals surface area contributed by atoms with E-state index in [0.717, 1.165) is 32.0 Å². The fourth-order valence-corrected chi connectivity index (χ4v) is 2.67. The van der Waals surface area contributed by atoms with Crippen LogP contribution in [-0.4, -0.2) is 40.9 Å². The molecule has 4 N–H and O–H groups in total. The molecule has 1 amide bonds. The molecular formula is C15H16F4N4O3. The van der Waals surface area contributed by atoms with Crippen LogP contribution in [0.1, 0.15) is 29.2 Å². The van der Waals surface area contributed by atoms with E-state index in [0.29, 0.717) is 16.9 Å². The van der Waals surface area contributed by atoms with Gasteiger partial charge in [-0.05, 0) is 12.1 Å². The first-order valence-corrected chi connectivity index (χ1v) is 7.67. The van der Waals surface area contributed by atoms with Gasteiger partial charge in [-0.25, -0.2) is 4.39 Å². The molecule has 0 unspecified atom stereocenters. The second kappa shape index (κ2) is 7.68. The molecule has 0 bridgehead atoms. The van der Waals surface area contributed by atoms with Gasteiger partial charge in [0.25, 0.3) is 5.91 Å². The zero-order chi connectivity index (χ0) is 19.5. The summed E-state index contributed by atoms with van der Waals surface area (Å²) in [6.07, 6.45) is -1.33. The molecule has 142 valence electrons. The Morgan fingerprint density at radius 1 is 1.27 bits per heavy atom. The Morgan fingerprint density at radius 2 is 1.85 bits per heavy atom. The Bertz CT molecular complexity index is 813. The largest absolute Gasteiger partial charge is 0.542 e. The van der Waals surface area contributed by atoms with E-state index in [-0.39, 0.29) is 5.56 Å². The summed E-state index contributed by atoms with van der Waals surface area (Å²) in [6, 6.07) is 2.86. The Kier molecular flexibility index (Phi) is 5.80. The van der Waals surface area contributed by atoms with Gasteiger partial charge in [0.2, 0.25) is 0 Å². The number of carboxylic acid groups (broad SMARTS) is 1. The standard InChI is InChI=1S/C13H15FN4O.C2HF3O2/c14-9-5-8-7-18(10-1-3-16-4-2-10)17-12(8)11(6-9)13(15)19;3-2(4,5)1(6)7/h5-7,10,16H,1-4H2,(H2,15,19);(H,6,7). The summed E-state index contributed by atoms with van der Waals surface area (Å²) in [5, 5.41) is 16.1. The average molecular weight is 376 g/mol. The topological polar surface area (TPSA) is 118 Å². The van der Waals surface area contributed by atoms with Gasteiger partial charge in [-0.2, -0.15) is 18.3 Å². The molecule has 1 aromatic carbocycles. The van der Waals surface area contributed by atoms with Gasteiger partial charge in [-0.3, -0.25) is 9.48 Å². The van der Waals surface area contributed by atoms with Gasteiger partial charge in [-0.15, -0.1) is 0 Å². The summed E-state index contributed by atoms with van der Waals surface area (Å²) < 4.78 is 46.9. The molecule has 0 aliphatic carbocycles. The number of halogens is 4. The fourth-order valence-electron chi connectivity index (χ4n) is 2.67. The van der Waals surface area contributed by atoms with Crippen molar-refractivity contribution in [3.63, 3.8) is 0 Å². The molecule has 1 aliphatic rings. The van der Waals surface area contributed by atoms with E-state index >= 15 is 0 Å². The van der Waals surface area contributed by atoms with E-state index in [9.17, 15) is 22.4 Å². The molecule has 0 radical (unpaired) electrons. The van der Waals surface area contributed by atoms with Crippen LogP contribution >= 0.6 is 0 Å². The van der Waals surface area contributed by atoms with Gasteiger partial charge in [-0.1, -0.05) is 0 Å². The minimum Gasteiger partial charge on any atom is -0.542 e. The summed E-state index contributed by atoms with van der Waals surface area (Å²) in [4.78, 5) is 20.1. The number of hydrogen-bond donors (Lipinski definition) is 2. The first-order chi connectivity index (χ1) is 12.1. The zero-order valence-corrected chi connectivity index (χ0v) is 13.4. The van der Waals surface area contributed by atoms with Crippen LogP contribution in [0, 0.1) is 5.82 Å². The molecular weight excluding hydrogens is 360 g/mol. The van der Waals surface area contributed by atoms with Crippen molar-refractivity contribution in [1.82, 2.24) is 9.78 Å². The second-order valence-corrected chi connectivity index (χ2v) is 5.75. The fraction of sp³-hybridized carbons (Fsp3) is 0.400. The van der Waals surface area contributed by atoms with Crippen molar-refractivity contribution in [2.45, 2.75) is 25.1 Å². The number of nitrogens with two attached hydrogens (primary N) is 2. The van der Waals surface area contributed by atoms with Crippen LogP contribution in [0.2, 0.25) is 0 Å². The molecule has 2 aromatic rings. The Hall–Kier alpha value is -2.69. The molecule has 0 spiro atoms. The number of hydrogen-bond acceptors (Lipinski definition) is 4. The zero-order valence-electron chi connectivity index (χ0n) is 13.4. The highest BCUT2D eigenvalue weighted by molar-refractivity contribution is 6.04. The average Bonchev–Trinajstić information content (AvgIpc) is 2.98. The number of primary amides is 1. The van der Waals surface area contributed by atoms with E-state index in [2.05, 4.69) is 10.4 Å².